The van der Waals surface area contributed by atoms with Gasteiger partial charge >= 0.3 is 6.01 Å². The van der Waals surface area contributed by atoms with Crippen molar-refractivity contribution in [3.8, 4) is 5.75 Å². The topological polar surface area (TPSA) is 72.2 Å². The second kappa shape index (κ2) is 6.85. The van der Waals surface area contributed by atoms with Crippen LogP contribution in [0.2, 0.25) is 0 Å². The summed E-state index contributed by atoms with van der Waals surface area (Å²) in [5, 5.41) is 13.8. The van der Waals surface area contributed by atoms with Crippen LogP contribution in [-0.4, -0.2) is 23.9 Å². The van der Waals surface area contributed by atoms with Crippen molar-refractivity contribution in [2.24, 2.45) is 0 Å². The molecule has 7 heteroatoms. The van der Waals surface area contributed by atoms with Gasteiger partial charge in [0.25, 0.3) is 0 Å². The van der Waals surface area contributed by atoms with Crippen molar-refractivity contribution in [2.45, 2.75) is 19.9 Å². The molecule has 1 aromatic carbocycles. The lowest BCUT2D eigenvalue weighted by molar-refractivity contribution is 0.387. The molecule has 0 radical (unpaired) electrons. The molecular weight excluding hydrogens is 263 g/mol. The predicted octanol–water partition coefficient (Wildman–Crippen LogP) is 2.46. The van der Waals surface area contributed by atoms with Crippen LogP contribution in [0.25, 0.3) is 0 Å². The Hall–Kier alpha value is -2.15. The maximum absolute atomic E-state index is 13.3. The summed E-state index contributed by atoms with van der Waals surface area (Å²) in [6, 6.07) is 4.65. The smallest absolute Gasteiger partial charge is 0.320 e. The lowest BCUT2D eigenvalue weighted by Gasteiger charge is -2.05. The Bertz CT molecular complexity index is 559. The van der Waals surface area contributed by atoms with Crippen molar-refractivity contribution in [2.75, 3.05) is 19.0 Å². The first-order valence-corrected chi connectivity index (χ1v) is 6.36. The zero-order valence-electron chi connectivity index (χ0n) is 11.4. The lowest BCUT2D eigenvalue weighted by atomic mass is 10.3. The number of hydrogen-bond acceptors (Lipinski definition) is 6. The van der Waals surface area contributed by atoms with Gasteiger partial charge in [-0.3, -0.25) is 0 Å². The van der Waals surface area contributed by atoms with Crippen LogP contribution in [0.5, 0.6) is 5.75 Å². The van der Waals surface area contributed by atoms with E-state index in [1.54, 1.807) is 6.07 Å². The monoisotopic (exact) mass is 280 g/mol. The summed E-state index contributed by atoms with van der Waals surface area (Å²) in [5.41, 5.74) is 0.611. The molecule has 6 nitrogen and oxygen atoms in total. The van der Waals surface area contributed by atoms with Gasteiger partial charge in [0.15, 0.2) is 11.6 Å². The Kier molecular flexibility index (Phi) is 4.89. The molecule has 108 valence electrons. The molecule has 0 aliphatic heterocycles. The molecule has 2 aromatic rings. The van der Waals surface area contributed by atoms with E-state index in [-0.39, 0.29) is 11.8 Å². The Morgan fingerprint density at radius 2 is 2.20 bits per heavy atom. The van der Waals surface area contributed by atoms with Gasteiger partial charge in [0.05, 0.1) is 13.7 Å². The Morgan fingerprint density at radius 1 is 1.35 bits per heavy atom. The van der Waals surface area contributed by atoms with Gasteiger partial charge in [-0.15, -0.1) is 5.10 Å². The van der Waals surface area contributed by atoms with E-state index in [1.165, 1.54) is 19.2 Å². The Balaban J connectivity index is 1.99. The van der Waals surface area contributed by atoms with Crippen LogP contribution in [0.1, 0.15) is 19.2 Å². The predicted molar refractivity (Wildman–Crippen MR) is 72.5 cm³/mol. The van der Waals surface area contributed by atoms with Gasteiger partial charge in [-0.25, -0.2) is 4.39 Å². The van der Waals surface area contributed by atoms with Gasteiger partial charge in [0.1, 0.15) is 0 Å². The highest BCUT2D eigenvalue weighted by Gasteiger charge is 2.08. The maximum Gasteiger partial charge on any atom is 0.320 e. The fourth-order valence-corrected chi connectivity index (χ4v) is 1.61. The molecule has 0 aliphatic rings. The zero-order valence-corrected chi connectivity index (χ0v) is 11.4. The summed E-state index contributed by atoms with van der Waals surface area (Å²) in [7, 11) is 1.41. The highest BCUT2D eigenvalue weighted by Crippen LogP contribution is 2.23. The largest absolute Gasteiger partial charge is 0.494 e. The highest BCUT2D eigenvalue weighted by atomic mass is 19.1. The van der Waals surface area contributed by atoms with E-state index in [4.69, 9.17) is 9.15 Å². The zero-order chi connectivity index (χ0) is 14.4. The molecule has 0 spiro atoms. The SMILES string of the molecule is CCCNCc1nnc(Nc2ccc(F)c(OC)c2)o1. The third kappa shape index (κ3) is 3.67. The van der Waals surface area contributed by atoms with Crippen LogP contribution in [0.4, 0.5) is 16.1 Å². The van der Waals surface area contributed by atoms with E-state index < -0.39 is 5.82 Å². The normalized spacial score (nSPS) is 10.6. The summed E-state index contributed by atoms with van der Waals surface area (Å²) in [4.78, 5) is 0. The first-order valence-electron chi connectivity index (χ1n) is 6.36. The number of aromatic nitrogens is 2. The van der Waals surface area contributed by atoms with Crippen molar-refractivity contribution in [3.63, 3.8) is 0 Å². The average Bonchev–Trinajstić information content (AvgIpc) is 2.89. The van der Waals surface area contributed by atoms with Crippen LogP contribution in [0, 0.1) is 5.82 Å². The van der Waals surface area contributed by atoms with Crippen molar-refractivity contribution in [1.82, 2.24) is 15.5 Å². The number of halogens is 1. The molecule has 2 N–H and O–H groups in total. The van der Waals surface area contributed by atoms with E-state index in [9.17, 15) is 4.39 Å². The number of benzene rings is 1. The van der Waals surface area contributed by atoms with Gasteiger partial charge in [-0.05, 0) is 25.1 Å². The quantitative estimate of drug-likeness (QED) is 0.759. The van der Waals surface area contributed by atoms with Gasteiger partial charge in [0.2, 0.25) is 5.89 Å². The number of anilines is 2. The third-order valence-electron chi connectivity index (χ3n) is 2.57. The summed E-state index contributed by atoms with van der Waals surface area (Å²) >= 11 is 0. The van der Waals surface area contributed by atoms with Crippen LogP contribution in [0.3, 0.4) is 0 Å². The Morgan fingerprint density at radius 3 is 2.95 bits per heavy atom. The molecule has 0 aliphatic carbocycles. The Labute approximate surface area is 116 Å². The van der Waals surface area contributed by atoms with Crippen molar-refractivity contribution in [3.05, 3.63) is 29.9 Å². The molecule has 0 amide bonds. The fraction of sp³-hybridized carbons (Fsp3) is 0.385. The molecule has 1 aromatic heterocycles. The van der Waals surface area contributed by atoms with Gasteiger partial charge in [-0.2, -0.15) is 0 Å². The molecule has 0 atom stereocenters. The minimum absolute atomic E-state index is 0.152. The third-order valence-corrected chi connectivity index (χ3v) is 2.57. The maximum atomic E-state index is 13.3. The standard InChI is InChI=1S/C13H17FN4O2/c1-3-6-15-8-12-17-18-13(20-12)16-9-4-5-10(14)11(7-9)19-2/h4-5,7,15H,3,6,8H2,1-2H3,(H,16,18). The van der Waals surface area contributed by atoms with Gasteiger partial charge < -0.3 is 19.8 Å². The van der Waals surface area contributed by atoms with E-state index in [0.29, 0.717) is 18.1 Å². The fourth-order valence-electron chi connectivity index (χ4n) is 1.61. The van der Waals surface area contributed by atoms with E-state index in [0.717, 1.165) is 13.0 Å². The number of methoxy groups -OCH3 is 1. The average molecular weight is 280 g/mol. The van der Waals surface area contributed by atoms with E-state index >= 15 is 0 Å². The van der Waals surface area contributed by atoms with Gasteiger partial charge in [-0.1, -0.05) is 12.0 Å². The number of hydrogen-bond donors (Lipinski definition) is 2. The minimum Gasteiger partial charge on any atom is -0.494 e. The summed E-state index contributed by atoms with van der Waals surface area (Å²) < 4.78 is 23.6. The molecule has 2 rings (SSSR count). The number of rotatable bonds is 7. The summed E-state index contributed by atoms with van der Waals surface area (Å²) in [6.45, 7) is 3.49. The second-order valence-corrected chi connectivity index (χ2v) is 4.15. The summed E-state index contributed by atoms with van der Waals surface area (Å²) in [5.74, 6) is 0.224. The molecule has 1 heterocycles. The van der Waals surface area contributed by atoms with E-state index in [2.05, 4.69) is 27.8 Å². The second-order valence-electron chi connectivity index (χ2n) is 4.15. The van der Waals surface area contributed by atoms with Crippen LogP contribution < -0.4 is 15.4 Å². The number of nitrogens with zero attached hydrogens (tertiary/aromatic N) is 2. The molecule has 0 unspecified atom stereocenters. The van der Waals surface area contributed by atoms with Crippen LogP contribution in [-0.2, 0) is 6.54 Å². The number of ether oxygens (including phenoxy) is 1. The molecule has 0 saturated heterocycles. The lowest BCUT2D eigenvalue weighted by Crippen LogP contribution is -2.13. The van der Waals surface area contributed by atoms with Crippen LogP contribution >= 0.6 is 0 Å². The molecule has 0 fully saturated rings. The molecular formula is C13H17FN4O2. The van der Waals surface area contributed by atoms with Crippen molar-refractivity contribution in [1.29, 1.82) is 0 Å². The van der Waals surface area contributed by atoms with Crippen LogP contribution in [0.15, 0.2) is 22.6 Å². The highest BCUT2D eigenvalue weighted by molar-refractivity contribution is 5.55. The minimum atomic E-state index is -0.423. The van der Waals surface area contributed by atoms with E-state index in [1.807, 2.05) is 0 Å². The first kappa shape index (κ1) is 14.3. The molecule has 0 saturated carbocycles. The molecule has 20 heavy (non-hydrogen) atoms. The van der Waals surface area contributed by atoms with Gasteiger partial charge in [0, 0.05) is 11.8 Å². The molecule has 0 bridgehead atoms. The van der Waals surface area contributed by atoms with Crippen molar-refractivity contribution >= 4 is 11.7 Å². The first-order chi connectivity index (χ1) is 9.72. The number of nitrogens with one attached hydrogen (secondary N) is 2. The van der Waals surface area contributed by atoms with Crippen molar-refractivity contribution < 1.29 is 13.5 Å². The summed E-state index contributed by atoms with van der Waals surface area (Å²) in [6.07, 6.45) is 1.04.